The first-order valence-electron chi connectivity index (χ1n) is 9.11. The van der Waals surface area contributed by atoms with Crippen LogP contribution in [0.15, 0.2) is 48.5 Å². The molecule has 0 aromatic heterocycles. The number of hydroxylamine groups is 2. The lowest BCUT2D eigenvalue weighted by Crippen LogP contribution is -2.33. The normalized spacial score (nSPS) is 13.7. The zero-order chi connectivity index (χ0) is 21.7. The average Bonchev–Trinajstić information content (AvgIpc) is 3.05. The molecule has 0 atom stereocenters. The number of hydrogen-bond donors (Lipinski definition) is 0. The maximum absolute atomic E-state index is 12.3. The number of rotatable bonds is 7. The van der Waals surface area contributed by atoms with E-state index in [1.807, 2.05) is 6.92 Å². The summed E-state index contributed by atoms with van der Waals surface area (Å²) in [6.07, 6.45) is 3.18. The monoisotopic (exact) mass is 427 g/mol. The van der Waals surface area contributed by atoms with Crippen LogP contribution in [0.4, 0.5) is 0 Å². The van der Waals surface area contributed by atoms with Gasteiger partial charge in [0.05, 0.1) is 0 Å². The van der Waals surface area contributed by atoms with Crippen molar-refractivity contribution >= 4 is 41.2 Å². The molecule has 1 fully saturated rings. The molecule has 2 aromatic carbocycles. The van der Waals surface area contributed by atoms with Gasteiger partial charge in [0.15, 0.2) is 12.4 Å². The summed E-state index contributed by atoms with van der Waals surface area (Å²) in [6, 6.07) is 11.8. The van der Waals surface area contributed by atoms with E-state index in [0.29, 0.717) is 21.4 Å². The van der Waals surface area contributed by atoms with Crippen LogP contribution in [-0.2, 0) is 19.2 Å². The molecule has 2 amide bonds. The first kappa shape index (κ1) is 21.3. The van der Waals surface area contributed by atoms with Gasteiger partial charge in [-0.05, 0) is 54.5 Å². The Bertz CT molecular complexity index is 1010. The second-order valence-corrected chi connectivity index (χ2v) is 6.97. The number of aryl methyl sites for hydroxylation is 1. The van der Waals surface area contributed by atoms with E-state index in [1.54, 1.807) is 48.5 Å². The maximum Gasteiger partial charge on any atom is 0.370 e. The number of halogens is 1. The van der Waals surface area contributed by atoms with Crippen molar-refractivity contribution in [2.45, 2.75) is 19.8 Å². The van der Waals surface area contributed by atoms with Crippen molar-refractivity contribution in [2.75, 3.05) is 6.61 Å². The molecule has 1 aliphatic rings. The van der Waals surface area contributed by atoms with Crippen molar-refractivity contribution in [3.63, 3.8) is 0 Å². The summed E-state index contributed by atoms with van der Waals surface area (Å²) in [6.45, 7) is 1.37. The Morgan fingerprint density at radius 2 is 1.73 bits per heavy atom. The van der Waals surface area contributed by atoms with E-state index < -0.39 is 24.4 Å². The Morgan fingerprint density at radius 1 is 1.07 bits per heavy atom. The van der Waals surface area contributed by atoms with Gasteiger partial charge < -0.3 is 9.57 Å². The maximum atomic E-state index is 12.3. The molecule has 0 bridgehead atoms. The van der Waals surface area contributed by atoms with Gasteiger partial charge in [0, 0.05) is 23.4 Å². The minimum absolute atomic E-state index is 0.0298. The second kappa shape index (κ2) is 9.37. The third-order valence-corrected chi connectivity index (χ3v) is 4.73. The van der Waals surface area contributed by atoms with Crippen molar-refractivity contribution < 1.29 is 28.8 Å². The van der Waals surface area contributed by atoms with E-state index in [4.69, 9.17) is 21.2 Å². The molecular weight excluding hydrogens is 410 g/mol. The van der Waals surface area contributed by atoms with E-state index in [1.165, 1.54) is 6.08 Å². The van der Waals surface area contributed by atoms with Crippen LogP contribution >= 0.6 is 11.6 Å². The standard InChI is InChI=1S/C22H18ClNO6/c1-14-12-16(5-8-18(14)23)19(25)9-4-15-2-6-17(7-3-15)29-13-22(28)30-24-20(26)10-11-21(24)27/h2-9,12H,10-11,13H2,1H3/b9-4+. The van der Waals surface area contributed by atoms with Crippen LogP contribution in [0.3, 0.4) is 0 Å². The highest BCUT2D eigenvalue weighted by Gasteiger charge is 2.32. The molecule has 1 heterocycles. The number of nitrogens with zero attached hydrogens (tertiary/aromatic N) is 1. The summed E-state index contributed by atoms with van der Waals surface area (Å²) < 4.78 is 5.30. The highest BCUT2D eigenvalue weighted by atomic mass is 35.5. The molecule has 30 heavy (non-hydrogen) atoms. The number of carbonyl (C=O) groups excluding carboxylic acids is 4. The number of carbonyl (C=O) groups is 4. The van der Waals surface area contributed by atoms with E-state index in [-0.39, 0.29) is 18.6 Å². The largest absolute Gasteiger partial charge is 0.482 e. The molecule has 2 aromatic rings. The lowest BCUT2D eigenvalue weighted by atomic mass is 10.1. The van der Waals surface area contributed by atoms with Gasteiger partial charge in [0.25, 0.3) is 11.8 Å². The van der Waals surface area contributed by atoms with Gasteiger partial charge in [0.1, 0.15) is 5.75 Å². The number of allylic oxidation sites excluding steroid dienone is 1. The summed E-state index contributed by atoms with van der Waals surface area (Å²) in [5.41, 5.74) is 2.13. The summed E-state index contributed by atoms with van der Waals surface area (Å²) in [5, 5.41) is 1.08. The quantitative estimate of drug-likeness (QED) is 0.381. The van der Waals surface area contributed by atoms with E-state index in [2.05, 4.69) is 0 Å². The van der Waals surface area contributed by atoms with Gasteiger partial charge in [0.2, 0.25) is 0 Å². The zero-order valence-corrected chi connectivity index (χ0v) is 16.8. The van der Waals surface area contributed by atoms with Gasteiger partial charge >= 0.3 is 5.97 Å². The molecule has 0 saturated carbocycles. The number of imide groups is 1. The summed E-state index contributed by atoms with van der Waals surface area (Å²) in [7, 11) is 0. The summed E-state index contributed by atoms with van der Waals surface area (Å²) >= 11 is 5.97. The third-order valence-electron chi connectivity index (χ3n) is 4.31. The van der Waals surface area contributed by atoms with Gasteiger partial charge in [-0.1, -0.05) is 29.8 Å². The average molecular weight is 428 g/mol. The lowest BCUT2D eigenvalue weighted by Gasteiger charge is -2.12. The Balaban J connectivity index is 1.52. The van der Waals surface area contributed by atoms with Crippen molar-refractivity contribution in [1.82, 2.24) is 5.06 Å². The Morgan fingerprint density at radius 3 is 2.37 bits per heavy atom. The van der Waals surface area contributed by atoms with Gasteiger partial charge in [-0.25, -0.2) is 4.79 Å². The van der Waals surface area contributed by atoms with Gasteiger partial charge in [-0.15, -0.1) is 5.06 Å². The highest BCUT2D eigenvalue weighted by molar-refractivity contribution is 6.31. The molecule has 7 nitrogen and oxygen atoms in total. The van der Waals surface area contributed by atoms with Crippen LogP contribution in [0.2, 0.25) is 5.02 Å². The number of hydrogen-bond acceptors (Lipinski definition) is 6. The van der Waals surface area contributed by atoms with E-state index in [0.717, 1.165) is 11.1 Å². The Hall–Kier alpha value is -3.45. The van der Waals surface area contributed by atoms with Crippen molar-refractivity contribution in [1.29, 1.82) is 0 Å². The molecule has 0 radical (unpaired) electrons. The summed E-state index contributed by atoms with van der Waals surface area (Å²) in [5.74, 6) is -1.71. The fourth-order valence-electron chi connectivity index (χ4n) is 2.67. The molecule has 0 N–H and O–H groups in total. The van der Waals surface area contributed by atoms with Crippen molar-refractivity contribution in [3.05, 3.63) is 70.3 Å². The van der Waals surface area contributed by atoms with E-state index >= 15 is 0 Å². The topological polar surface area (TPSA) is 90.0 Å². The number of ether oxygens (including phenoxy) is 1. The first-order valence-corrected chi connectivity index (χ1v) is 9.49. The molecule has 0 aliphatic carbocycles. The molecule has 0 unspecified atom stereocenters. The predicted octanol–water partition coefficient (Wildman–Crippen LogP) is 3.53. The summed E-state index contributed by atoms with van der Waals surface area (Å²) in [4.78, 5) is 51.5. The number of amides is 2. The molecule has 1 aliphatic heterocycles. The zero-order valence-electron chi connectivity index (χ0n) is 16.1. The molecule has 3 rings (SSSR count). The van der Waals surface area contributed by atoms with Crippen LogP contribution < -0.4 is 4.74 Å². The van der Waals surface area contributed by atoms with E-state index in [9.17, 15) is 19.2 Å². The number of benzene rings is 2. The van der Waals surface area contributed by atoms with Crippen molar-refractivity contribution in [3.8, 4) is 5.75 Å². The number of ketones is 1. The van der Waals surface area contributed by atoms with Crippen LogP contribution in [0.1, 0.15) is 34.3 Å². The fourth-order valence-corrected chi connectivity index (χ4v) is 2.79. The smallest absolute Gasteiger partial charge is 0.370 e. The predicted molar refractivity (Wildman–Crippen MR) is 109 cm³/mol. The molecule has 8 heteroatoms. The van der Waals surface area contributed by atoms with Crippen LogP contribution in [0, 0.1) is 6.92 Å². The molecule has 154 valence electrons. The van der Waals surface area contributed by atoms with Gasteiger partial charge in [-0.3, -0.25) is 14.4 Å². The van der Waals surface area contributed by atoms with Crippen LogP contribution in [-0.4, -0.2) is 35.2 Å². The van der Waals surface area contributed by atoms with Crippen molar-refractivity contribution in [2.24, 2.45) is 0 Å². The molecule has 1 saturated heterocycles. The SMILES string of the molecule is Cc1cc(C(=O)/C=C/c2ccc(OCC(=O)ON3C(=O)CCC3=O)cc2)ccc1Cl. The van der Waals surface area contributed by atoms with Crippen LogP contribution in [0.5, 0.6) is 5.75 Å². The third kappa shape index (κ3) is 5.33. The van der Waals surface area contributed by atoms with Crippen LogP contribution in [0.25, 0.3) is 6.08 Å². The Kier molecular flexibility index (Phi) is 6.64. The fraction of sp³-hybridized carbons (Fsp3) is 0.182. The lowest BCUT2D eigenvalue weighted by molar-refractivity contribution is -0.198. The molecule has 0 spiro atoms. The first-order chi connectivity index (χ1) is 14.3. The van der Waals surface area contributed by atoms with Gasteiger partial charge in [-0.2, -0.15) is 0 Å². The minimum atomic E-state index is -0.855. The second-order valence-electron chi connectivity index (χ2n) is 6.56. The minimum Gasteiger partial charge on any atom is -0.482 e. The highest BCUT2D eigenvalue weighted by Crippen LogP contribution is 2.18. The Labute approximate surface area is 177 Å². The molecular formula is C22H18ClNO6.